The molecule has 1 aromatic rings. The number of anilines is 2. The van der Waals surface area contributed by atoms with Crippen LogP contribution in [0.5, 0.6) is 0 Å². The summed E-state index contributed by atoms with van der Waals surface area (Å²) in [4.78, 5) is 29.0. The fraction of sp³-hybridized carbons (Fsp3) is 0.667. The molecular formula is C24H38N4O3. The average molecular weight is 431 g/mol. The standard InChI is InChI=1S/C24H38N4O3/c1-24(2,3)31-23(30)25-16-19-8-7-13-27(17-19)18-22(29)26-20-9-11-21(12-10-20)28-14-5-4-6-15-28/h9-12,19H,4-8,13-18H2,1-3H3,(H,25,30)(H,26,29). The molecule has 0 saturated carbocycles. The van der Waals surface area contributed by atoms with E-state index in [0.29, 0.717) is 19.0 Å². The van der Waals surface area contributed by atoms with Crippen molar-refractivity contribution in [2.24, 2.45) is 5.92 Å². The Hall–Kier alpha value is -2.28. The smallest absolute Gasteiger partial charge is 0.407 e. The summed E-state index contributed by atoms with van der Waals surface area (Å²) in [7, 11) is 0. The van der Waals surface area contributed by atoms with Gasteiger partial charge in [-0.15, -0.1) is 0 Å². The van der Waals surface area contributed by atoms with Gasteiger partial charge in [-0.05, 0) is 89.6 Å². The SMILES string of the molecule is CC(C)(C)OC(=O)NCC1CCCN(CC(=O)Nc2ccc(N3CCCCC3)cc2)C1. The highest BCUT2D eigenvalue weighted by Crippen LogP contribution is 2.22. The lowest BCUT2D eigenvalue weighted by molar-refractivity contribution is -0.117. The van der Waals surface area contributed by atoms with Crippen molar-refractivity contribution >= 4 is 23.4 Å². The largest absolute Gasteiger partial charge is 0.444 e. The second-order valence-corrected chi connectivity index (χ2v) is 9.77. The summed E-state index contributed by atoms with van der Waals surface area (Å²) < 4.78 is 5.30. The molecule has 2 fully saturated rings. The van der Waals surface area contributed by atoms with Crippen LogP contribution in [0.3, 0.4) is 0 Å². The Kier molecular flexibility index (Phi) is 8.18. The number of piperidine rings is 2. The molecule has 2 aliphatic rings. The maximum absolute atomic E-state index is 12.5. The maximum Gasteiger partial charge on any atom is 0.407 e. The number of likely N-dealkylation sites (tertiary alicyclic amines) is 1. The first-order valence-corrected chi connectivity index (χ1v) is 11.6. The van der Waals surface area contributed by atoms with Gasteiger partial charge in [0.2, 0.25) is 5.91 Å². The molecule has 7 heteroatoms. The minimum atomic E-state index is -0.493. The van der Waals surface area contributed by atoms with Crippen LogP contribution in [0.25, 0.3) is 0 Å². The quantitative estimate of drug-likeness (QED) is 0.717. The Morgan fingerprint density at radius 1 is 1.03 bits per heavy atom. The minimum Gasteiger partial charge on any atom is -0.444 e. The maximum atomic E-state index is 12.5. The predicted octanol–water partition coefficient (Wildman–Crippen LogP) is 3.85. The normalized spacial score (nSPS) is 20.2. The number of carbonyl (C=O) groups is 2. The van der Waals surface area contributed by atoms with Crippen LogP contribution >= 0.6 is 0 Å². The van der Waals surface area contributed by atoms with Crippen molar-refractivity contribution in [3.8, 4) is 0 Å². The van der Waals surface area contributed by atoms with Gasteiger partial charge in [-0.2, -0.15) is 0 Å². The Morgan fingerprint density at radius 3 is 2.42 bits per heavy atom. The van der Waals surface area contributed by atoms with Crippen molar-refractivity contribution in [1.82, 2.24) is 10.2 Å². The number of benzene rings is 1. The van der Waals surface area contributed by atoms with E-state index in [1.165, 1.54) is 24.9 Å². The molecule has 2 aliphatic heterocycles. The van der Waals surface area contributed by atoms with Crippen molar-refractivity contribution in [2.75, 3.05) is 49.5 Å². The second kappa shape index (κ2) is 10.8. The minimum absolute atomic E-state index is 0.00599. The van der Waals surface area contributed by atoms with E-state index < -0.39 is 5.60 Å². The first kappa shape index (κ1) is 23.4. The van der Waals surface area contributed by atoms with Gasteiger partial charge in [-0.1, -0.05) is 0 Å². The highest BCUT2D eigenvalue weighted by Gasteiger charge is 2.23. The number of carbonyl (C=O) groups excluding carboxylic acids is 2. The Morgan fingerprint density at radius 2 is 1.74 bits per heavy atom. The van der Waals surface area contributed by atoms with Crippen molar-refractivity contribution in [1.29, 1.82) is 0 Å². The number of nitrogens with one attached hydrogen (secondary N) is 2. The van der Waals surface area contributed by atoms with Gasteiger partial charge >= 0.3 is 6.09 Å². The topological polar surface area (TPSA) is 73.9 Å². The number of ether oxygens (including phenoxy) is 1. The molecule has 1 atom stereocenters. The van der Waals surface area contributed by atoms with Gasteiger partial charge in [0.1, 0.15) is 5.60 Å². The van der Waals surface area contributed by atoms with E-state index in [-0.39, 0.29) is 12.0 Å². The van der Waals surface area contributed by atoms with Crippen LogP contribution in [0.15, 0.2) is 24.3 Å². The third kappa shape index (κ3) is 8.05. The van der Waals surface area contributed by atoms with Crippen molar-refractivity contribution in [2.45, 2.75) is 58.5 Å². The molecule has 172 valence electrons. The van der Waals surface area contributed by atoms with Gasteiger partial charge < -0.3 is 20.3 Å². The number of amides is 2. The lowest BCUT2D eigenvalue weighted by Crippen LogP contribution is -2.44. The van der Waals surface area contributed by atoms with Crippen molar-refractivity contribution in [3.63, 3.8) is 0 Å². The van der Waals surface area contributed by atoms with E-state index in [9.17, 15) is 9.59 Å². The van der Waals surface area contributed by atoms with Gasteiger partial charge in [0.15, 0.2) is 0 Å². The molecule has 0 aromatic heterocycles. The van der Waals surface area contributed by atoms with Crippen LogP contribution < -0.4 is 15.5 Å². The molecular weight excluding hydrogens is 392 g/mol. The summed E-state index contributed by atoms with van der Waals surface area (Å²) in [6.07, 6.45) is 5.52. The second-order valence-electron chi connectivity index (χ2n) is 9.77. The van der Waals surface area contributed by atoms with E-state index >= 15 is 0 Å². The monoisotopic (exact) mass is 430 g/mol. The van der Waals surface area contributed by atoms with Gasteiger partial charge in [0.25, 0.3) is 0 Å². The molecule has 1 unspecified atom stereocenters. The predicted molar refractivity (Wildman–Crippen MR) is 125 cm³/mol. The van der Waals surface area contributed by atoms with Gasteiger partial charge in [-0.25, -0.2) is 4.79 Å². The number of hydrogen-bond donors (Lipinski definition) is 2. The number of alkyl carbamates (subject to hydrolysis) is 1. The summed E-state index contributed by atoms with van der Waals surface area (Å²) in [6.45, 7) is 10.5. The fourth-order valence-electron chi connectivity index (χ4n) is 4.31. The highest BCUT2D eigenvalue weighted by atomic mass is 16.6. The molecule has 2 amide bonds. The first-order valence-electron chi connectivity index (χ1n) is 11.6. The molecule has 0 radical (unpaired) electrons. The molecule has 0 bridgehead atoms. The lowest BCUT2D eigenvalue weighted by Gasteiger charge is -2.32. The van der Waals surface area contributed by atoms with Crippen molar-refractivity contribution < 1.29 is 14.3 Å². The fourth-order valence-corrected chi connectivity index (χ4v) is 4.31. The molecule has 7 nitrogen and oxygen atoms in total. The Bertz CT molecular complexity index is 723. The molecule has 0 aliphatic carbocycles. The van der Waals surface area contributed by atoms with Gasteiger partial charge in [0.05, 0.1) is 6.54 Å². The van der Waals surface area contributed by atoms with Crippen LogP contribution in [0, 0.1) is 5.92 Å². The Balaban J connectivity index is 1.41. The number of rotatable bonds is 6. The van der Waals surface area contributed by atoms with Crippen LogP contribution in [-0.4, -0.2) is 61.8 Å². The zero-order valence-corrected chi connectivity index (χ0v) is 19.3. The number of nitrogens with zero attached hydrogens (tertiary/aromatic N) is 2. The molecule has 2 heterocycles. The molecule has 2 saturated heterocycles. The summed E-state index contributed by atoms with van der Waals surface area (Å²) in [5.74, 6) is 0.337. The molecule has 0 spiro atoms. The van der Waals surface area contributed by atoms with E-state index in [0.717, 1.165) is 44.7 Å². The van der Waals surface area contributed by atoms with Crippen LogP contribution in [-0.2, 0) is 9.53 Å². The van der Waals surface area contributed by atoms with E-state index in [1.54, 1.807) is 0 Å². The van der Waals surface area contributed by atoms with Gasteiger partial charge in [-0.3, -0.25) is 9.69 Å². The Labute approximate surface area is 186 Å². The van der Waals surface area contributed by atoms with Crippen LogP contribution in [0.2, 0.25) is 0 Å². The zero-order chi connectivity index (χ0) is 22.3. The third-order valence-electron chi connectivity index (χ3n) is 5.78. The highest BCUT2D eigenvalue weighted by molar-refractivity contribution is 5.92. The molecule has 2 N–H and O–H groups in total. The zero-order valence-electron chi connectivity index (χ0n) is 19.3. The summed E-state index contributed by atoms with van der Waals surface area (Å²) in [5.41, 5.74) is 1.58. The summed E-state index contributed by atoms with van der Waals surface area (Å²) in [5, 5.41) is 5.88. The molecule has 31 heavy (non-hydrogen) atoms. The summed E-state index contributed by atoms with van der Waals surface area (Å²) >= 11 is 0. The summed E-state index contributed by atoms with van der Waals surface area (Å²) in [6, 6.07) is 8.18. The molecule has 3 rings (SSSR count). The van der Waals surface area contributed by atoms with Crippen molar-refractivity contribution in [3.05, 3.63) is 24.3 Å². The van der Waals surface area contributed by atoms with Crippen LogP contribution in [0.1, 0.15) is 52.9 Å². The van der Waals surface area contributed by atoms with Gasteiger partial charge in [0, 0.05) is 37.6 Å². The van der Waals surface area contributed by atoms with E-state index in [2.05, 4.69) is 32.6 Å². The number of hydrogen-bond acceptors (Lipinski definition) is 5. The molecule has 1 aromatic carbocycles. The van der Waals surface area contributed by atoms with E-state index in [4.69, 9.17) is 4.74 Å². The van der Waals surface area contributed by atoms with E-state index in [1.807, 2.05) is 32.9 Å². The van der Waals surface area contributed by atoms with Crippen LogP contribution in [0.4, 0.5) is 16.2 Å². The average Bonchev–Trinajstić information content (AvgIpc) is 2.72. The first-order chi connectivity index (χ1) is 14.8. The third-order valence-corrected chi connectivity index (χ3v) is 5.78. The lowest BCUT2D eigenvalue weighted by atomic mass is 9.98.